The van der Waals surface area contributed by atoms with Crippen molar-refractivity contribution in [3.05, 3.63) is 35.8 Å². The molecular weight excluding hydrogens is 363 g/mol. The predicted molar refractivity (Wildman–Crippen MR) is 91.4 cm³/mol. The van der Waals surface area contributed by atoms with E-state index in [9.17, 15) is 23.1 Å². The van der Waals surface area contributed by atoms with Gasteiger partial charge < -0.3 is 16.2 Å². The molecule has 7 nitrogen and oxygen atoms in total. The number of nitrogens with two attached hydrogens (primary N) is 1. The van der Waals surface area contributed by atoms with Crippen molar-refractivity contribution in [2.45, 2.75) is 50.4 Å². The number of nitrogens with zero attached hydrogens (tertiary/aromatic N) is 3. The number of primary amides is 1. The summed E-state index contributed by atoms with van der Waals surface area (Å²) < 4.78 is 39.3. The molecule has 0 saturated heterocycles. The van der Waals surface area contributed by atoms with Gasteiger partial charge in [-0.1, -0.05) is 19.3 Å². The summed E-state index contributed by atoms with van der Waals surface area (Å²) in [5.41, 5.74) is 5.42. The number of rotatable bonds is 5. The molecule has 27 heavy (non-hydrogen) atoms. The fraction of sp³-hybridized carbons (Fsp3) is 0.471. The Labute approximate surface area is 153 Å². The highest BCUT2D eigenvalue weighted by molar-refractivity contribution is 5.98. The van der Waals surface area contributed by atoms with Gasteiger partial charge in [0.05, 0.1) is 23.6 Å². The average molecular weight is 383 g/mol. The molecule has 2 heterocycles. The van der Waals surface area contributed by atoms with Gasteiger partial charge in [-0.3, -0.25) is 14.5 Å². The second-order valence-corrected chi connectivity index (χ2v) is 6.57. The van der Waals surface area contributed by atoms with Crippen LogP contribution in [0.1, 0.15) is 60.3 Å². The van der Waals surface area contributed by atoms with E-state index in [4.69, 9.17) is 5.73 Å². The first kappa shape index (κ1) is 19.2. The Bertz CT molecular complexity index is 798. The molecule has 2 aromatic heterocycles. The number of halogens is 3. The van der Waals surface area contributed by atoms with Crippen LogP contribution in [0.15, 0.2) is 24.5 Å². The van der Waals surface area contributed by atoms with Crippen LogP contribution in [0.5, 0.6) is 0 Å². The Hall–Kier alpha value is -2.62. The molecule has 0 bridgehead atoms. The summed E-state index contributed by atoms with van der Waals surface area (Å²) in [7, 11) is 0. The molecular formula is C17H20F3N5O2. The normalized spacial score (nSPS) is 16.9. The molecule has 10 heteroatoms. The number of alkyl halides is 3. The predicted octanol–water partition coefficient (Wildman–Crippen LogP) is 3.22. The lowest BCUT2D eigenvalue weighted by molar-refractivity contribution is -0.207. The third-order valence-corrected chi connectivity index (χ3v) is 4.59. The number of aliphatic hydroxyl groups is 1. The summed E-state index contributed by atoms with van der Waals surface area (Å²) in [6.07, 6.45) is 0.560. The molecule has 0 spiro atoms. The van der Waals surface area contributed by atoms with Crippen molar-refractivity contribution >= 4 is 17.4 Å². The number of hydrogen-bond donors (Lipinski definition) is 3. The van der Waals surface area contributed by atoms with Crippen molar-refractivity contribution in [1.82, 2.24) is 14.8 Å². The molecule has 1 amide bonds. The molecule has 3 rings (SSSR count). The minimum Gasteiger partial charge on any atom is -0.378 e. The zero-order chi connectivity index (χ0) is 19.6. The monoisotopic (exact) mass is 383 g/mol. The van der Waals surface area contributed by atoms with Crippen molar-refractivity contribution in [3.63, 3.8) is 0 Å². The van der Waals surface area contributed by atoms with Gasteiger partial charge in [-0.05, 0) is 25.0 Å². The largest absolute Gasteiger partial charge is 0.420 e. The fourth-order valence-corrected chi connectivity index (χ4v) is 3.14. The minimum absolute atomic E-state index is 0.190. The second-order valence-electron chi connectivity index (χ2n) is 6.57. The third kappa shape index (κ3) is 4.38. The number of anilines is 2. The maximum absolute atomic E-state index is 12.5. The number of carbonyl (C=O) groups is 1. The summed E-state index contributed by atoms with van der Waals surface area (Å²) in [5, 5.41) is 16.5. The van der Waals surface area contributed by atoms with Gasteiger partial charge in [0.2, 0.25) is 0 Å². The van der Waals surface area contributed by atoms with Crippen LogP contribution in [-0.4, -0.2) is 32.0 Å². The standard InChI is InChI=1S/C17H20F3N5O2/c18-17(19,20)14(26)13-7-6-10(8-22-13)23-16-12(15(21)27)9-25(24-16)11-4-2-1-3-5-11/h6-9,11,14,26H,1-5H2,(H2,21,27)(H,23,24). The van der Waals surface area contributed by atoms with Crippen LogP contribution in [0.25, 0.3) is 0 Å². The molecule has 1 saturated carbocycles. The maximum atomic E-state index is 12.5. The number of nitrogens with one attached hydrogen (secondary N) is 1. The van der Waals surface area contributed by atoms with E-state index in [1.807, 2.05) is 0 Å². The van der Waals surface area contributed by atoms with E-state index < -0.39 is 23.9 Å². The van der Waals surface area contributed by atoms with Crippen LogP contribution < -0.4 is 11.1 Å². The summed E-state index contributed by atoms with van der Waals surface area (Å²) in [4.78, 5) is 15.3. The van der Waals surface area contributed by atoms with Gasteiger partial charge in [0.15, 0.2) is 11.9 Å². The number of carbonyl (C=O) groups excluding carboxylic acids is 1. The highest BCUT2D eigenvalue weighted by Gasteiger charge is 2.40. The van der Waals surface area contributed by atoms with Gasteiger partial charge in [-0.25, -0.2) is 0 Å². The SMILES string of the molecule is NC(=O)c1cn(C2CCCCC2)nc1Nc1ccc(C(O)C(F)(F)F)nc1. The zero-order valence-electron chi connectivity index (χ0n) is 14.4. The minimum atomic E-state index is -4.79. The van der Waals surface area contributed by atoms with Crippen LogP contribution in [0.3, 0.4) is 0 Å². The summed E-state index contributed by atoms with van der Waals surface area (Å²) >= 11 is 0. The van der Waals surface area contributed by atoms with Crippen LogP contribution in [-0.2, 0) is 0 Å². The summed E-state index contributed by atoms with van der Waals surface area (Å²) in [5.74, 6) is -0.435. The van der Waals surface area contributed by atoms with Crippen molar-refractivity contribution in [2.24, 2.45) is 5.73 Å². The van der Waals surface area contributed by atoms with Crippen molar-refractivity contribution in [3.8, 4) is 0 Å². The topological polar surface area (TPSA) is 106 Å². The van der Waals surface area contributed by atoms with Crippen LogP contribution in [0, 0.1) is 0 Å². The first-order chi connectivity index (χ1) is 12.8. The van der Waals surface area contributed by atoms with E-state index in [-0.39, 0.29) is 17.4 Å². The molecule has 2 aromatic rings. The lowest BCUT2D eigenvalue weighted by Crippen LogP contribution is -2.21. The van der Waals surface area contributed by atoms with Gasteiger partial charge in [0.25, 0.3) is 5.91 Å². The van der Waals surface area contributed by atoms with Gasteiger partial charge in [-0.15, -0.1) is 0 Å². The third-order valence-electron chi connectivity index (χ3n) is 4.59. The first-order valence-corrected chi connectivity index (χ1v) is 8.62. The van der Waals surface area contributed by atoms with E-state index in [1.165, 1.54) is 12.5 Å². The van der Waals surface area contributed by atoms with E-state index >= 15 is 0 Å². The molecule has 146 valence electrons. The lowest BCUT2D eigenvalue weighted by atomic mass is 9.96. The molecule has 0 aromatic carbocycles. The van der Waals surface area contributed by atoms with Crippen molar-refractivity contribution < 1.29 is 23.1 Å². The van der Waals surface area contributed by atoms with Crippen LogP contribution in [0.4, 0.5) is 24.7 Å². The Kier molecular flexibility index (Phi) is 5.36. The summed E-state index contributed by atoms with van der Waals surface area (Å²) in [6, 6.07) is 2.57. The van der Waals surface area contributed by atoms with Gasteiger partial charge in [-0.2, -0.15) is 18.3 Å². The van der Waals surface area contributed by atoms with Gasteiger partial charge in [0.1, 0.15) is 5.56 Å². The number of hydrogen-bond acceptors (Lipinski definition) is 5. The first-order valence-electron chi connectivity index (χ1n) is 8.62. The van der Waals surface area contributed by atoms with Crippen molar-refractivity contribution in [2.75, 3.05) is 5.32 Å². The Morgan fingerprint density at radius 1 is 1.30 bits per heavy atom. The smallest absolute Gasteiger partial charge is 0.378 e. The molecule has 0 aliphatic heterocycles. The second kappa shape index (κ2) is 7.55. The molecule has 1 atom stereocenters. The Balaban J connectivity index is 1.80. The Morgan fingerprint density at radius 2 is 2.00 bits per heavy atom. The average Bonchev–Trinajstić information content (AvgIpc) is 3.06. The Morgan fingerprint density at radius 3 is 2.56 bits per heavy atom. The number of aromatic nitrogens is 3. The van der Waals surface area contributed by atoms with E-state index in [0.29, 0.717) is 5.69 Å². The van der Waals surface area contributed by atoms with Crippen LogP contribution in [0.2, 0.25) is 0 Å². The van der Waals surface area contributed by atoms with Crippen LogP contribution >= 0.6 is 0 Å². The number of pyridine rings is 1. The van der Waals surface area contributed by atoms with Crippen molar-refractivity contribution in [1.29, 1.82) is 0 Å². The van der Waals surface area contributed by atoms with E-state index in [0.717, 1.165) is 37.9 Å². The molecule has 1 unspecified atom stereocenters. The lowest BCUT2D eigenvalue weighted by Gasteiger charge is -2.21. The van der Waals surface area contributed by atoms with Gasteiger partial charge >= 0.3 is 6.18 Å². The molecule has 0 radical (unpaired) electrons. The number of aliphatic hydroxyl groups excluding tert-OH is 1. The fourth-order valence-electron chi connectivity index (χ4n) is 3.14. The molecule has 4 N–H and O–H groups in total. The molecule has 1 fully saturated rings. The summed E-state index contributed by atoms with van der Waals surface area (Å²) in [6.45, 7) is 0. The highest BCUT2D eigenvalue weighted by Crippen LogP contribution is 2.32. The molecule has 1 aliphatic rings. The number of amides is 1. The maximum Gasteiger partial charge on any atom is 0.420 e. The van der Waals surface area contributed by atoms with Gasteiger partial charge in [0, 0.05) is 6.20 Å². The highest BCUT2D eigenvalue weighted by atomic mass is 19.4. The van der Waals surface area contributed by atoms with E-state index in [2.05, 4.69) is 15.4 Å². The van der Waals surface area contributed by atoms with E-state index in [1.54, 1.807) is 10.9 Å². The zero-order valence-corrected chi connectivity index (χ0v) is 14.4. The molecule has 1 aliphatic carbocycles. The quantitative estimate of drug-likeness (QED) is 0.735.